The molecule has 3 aromatic rings. The second-order valence-electron chi connectivity index (χ2n) is 4.05. The van der Waals surface area contributed by atoms with Crippen LogP contribution in [0.15, 0.2) is 50.7 Å². The summed E-state index contributed by atoms with van der Waals surface area (Å²) in [6.07, 6.45) is 0. The lowest BCUT2D eigenvalue weighted by atomic mass is 10.2. The van der Waals surface area contributed by atoms with Gasteiger partial charge in [-0.05, 0) is 40.2 Å². The van der Waals surface area contributed by atoms with Gasteiger partial charge in [0.2, 0.25) is 0 Å². The van der Waals surface area contributed by atoms with Crippen molar-refractivity contribution in [1.29, 1.82) is 0 Å². The van der Waals surface area contributed by atoms with Crippen molar-refractivity contribution in [3.8, 4) is 10.8 Å². The first-order valence-electron chi connectivity index (χ1n) is 6.02. The number of thiophene rings is 1. The standard InChI is InChI=1S/C14H9BrN2O3S/c15-11-7-6-10(21-11)13-17-16-12(20-13)8-19-14(18)9-4-2-1-3-5-9/h1-7H,8H2. The van der Waals surface area contributed by atoms with E-state index in [1.54, 1.807) is 24.3 Å². The summed E-state index contributed by atoms with van der Waals surface area (Å²) in [7, 11) is 0. The number of halogens is 1. The molecule has 0 fully saturated rings. The monoisotopic (exact) mass is 364 g/mol. The van der Waals surface area contributed by atoms with Crippen LogP contribution in [0.1, 0.15) is 16.2 Å². The molecule has 0 saturated heterocycles. The maximum absolute atomic E-state index is 11.8. The van der Waals surface area contributed by atoms with Gasteiger partial charge in [-0.2, -0.15) is 0 Å². The fraction of sp³-hybridized carbons (Fsp3) is 0.0714. The minimum atomic E-state index is -0.422. The first kappa shape index (κ1) is 14.0. The van der Waals surface area contributed by atoms with Gasteiger partial charge in [0.15, 0.2) is 6.61 Å². The molecule has 5 nitrogen and oxygen atoms in total. The SMILES string of the molecule is O=C(OCc1nnc(-c2ccc(Br)s2)o1)c1ccccc1. The lowest BCUT2D eigenvalue weighted by molar-refractivity contribution is 0.0438. The average Bonchev–Trinajstić information content (AvgIpc) is 3.14. The molecule has 21 heavy (non-hydrogen) atoms. The second kappa shape index (κ2) is 6.19. The molecule has 0 aliphatic rings. The molecule has 0 aliphatic heterocycles. The number of carbonyl (C=O) groups excluding carboxylic acids is 1. The molecule has 0 radical (unpaired) electrons. The summed E-state index contributed by atoms with van der Waals surface area (Å²) >= 11 is 4.86. The second-order valence-corrected chi connectivity index (χ2v) is 6.51. The van der Waals surface area contributed by atoms with Crippen LogP contribution >= 0.6 is 27.3 Å². The highest BCUT2D eigenvalue weighted by molar-refractivity contribution is 9.11. The number of hydrogen-bond acceptors (Lipinski definition) is 6. The van der Waals surface area contributed by atoms with E-state index in [-0.39, 0.29) is 12.5 Å². The summed E-state index contributed by atoms with van der Waals surface area (Å²) in [6, 6.07) is 12.5. The van der Waals surface area contributed by atoms with Crippen molar-refractivity contribution in [3.63, 3.8) is 0 Å². The average molecular weight is 365 g/mol. The first-order chi connectivity index (χ1) is 10.2. The van der Waals surface area contributed by atoms with E-state index in [0.717, 1.165) is 8.66 Å². The van der Waals surface area contributed by atoms with E-state index in [1.807, 2.05) is 18.2 Å². The zero-order valence-electron chi connectivity index (χ0n) is 10.7. The molecule has 0 atom stereocenters. The number of ether oxygens (including phenoxy) is 1. The molecule has 2 aromatic heterocycles. The topological polar surface area (TPSA) is 65.2 Å². The van der Waals surface area contributed by atoms with Gasteiger partial charge in [-0.3, -0.25) is 0 Å². The predicted octanol–water partition coefficient (Wildman–Crippen LogP) is 3.92. The third kappa shape index (κ3) is 3.37. The van der Waals surface area contributed by atoms with E-state index in [2.05, 4.69) is 26.1 Å². The maximum atomic E-state index is 11.8. The third-order valence-electron chi connectivity index (χ3n) is 2.59. The van der Waals surface area contributed by atoms with Gasteiger partial charge in [-0.25, -0.2) is 4.79 Å². The van der Waals surface area contributed by atoms with Crippen molar-refractivity contribution in [1.82, 2.24) is 10.2 Å². The summed E-state index contributed by atoms with van der Waals surface area (Å²) in [6.45, 7) is -0.0483. The van der Waals surface area contributed by atoms with Crippen LogP contribution in [-0.2, 0) is 11.3 Å². The Bertz CT molecular complexity index is 754. The highest BCUT2D eigenvalue weighted by atomic mass is 79.9. The fourth-order valence-electron chi connectivity index (χ4n) is 1.63. The molecular formula is C14H9BrN2O3S. The molecule has 0 bridgehead atoms. The number of benzene rings is 1. The van der Waals surface area contributed by atoms with Gasteiger partial charge >= 0.3 is 5.97 Å². The molecule has 0 unspecified atom stereocenters. The van der Waals surface area contributed by atoms with Crippen LogP contribution < -0.4 is 0 Å². The van der Waals surface area contributed by atoms with E-state index in [0.29, 0.717) is 11.5 Å². The minimum absolute atomic E-state index is 0.0483. The van der Waals surface area contributed by atoms with Gasteiger partial charge in [0, 0.05) is 0 Å². The fourth-order valence-corrected chi connectivity index (χ4v) is 2.93. The Hall–Kier alpha value is -1.99. The Morgan fingerprint density at radius 1 is 1.19 bits per heavy atom. The summed E-state index contributed by atoms with van der Waals surface area (Å²) in [5.41, 5.74) is 0.486. The van der Waals surface area contributed by atoms with E-state index in [1.165, 1.54) is 11.3 Å². The van der Waals surface area contributed by atoms with Gasteiger partial charge in [-0.15, -0.1) is 21.5 Å². The Morgan fingerprint density at radius 2 is 2.00 bits per heavy atom. The highest BCUT2D eigenvalue weighted by Crippen LogP contribution is 2.30. The van der Waals surface area contributed by atoms with Crippen molar-refractivity contribution < 1.29 is 13.9 Å². The molecule has 2 heterocycles. The number of rotatable bonds is 4. The van der Waals surface area contributed by atoms with Gasteiger partial charge in [0.05, 0.1) is 14.2 Å². The normalized spacial score (nSPS) is 10.5. The van der Waals surface area contributed by atoms with Gasteiger partial charge in [-0.1, -0.05) is 18.2 Å². The van der Waals surface area contributed by atoms with Crippen LogP contribution in [0.25, 0.3) is 10.8 Å². The van der Waals surface area contributed by atoms with Crippen molar-refractivity contribution >= 4 is 33.2 Å². The lowest BCUT2D eigenvalue weighted by Gasteiger charge is -2.00. The molecule has 3 rings (SSSR count). The Morgan fingerprint density at radius 3 is 2.71 bits per heavy atom. The molecule has 0 amide bonds. The summed E-state index contributed by atoms with van der Waals surface area (Å²) in [5, 5.41) is 7.80. The van der Waals surface area contributed by atoms with E-state index < -0.39 is 5.97 Å². The van der Waals surface area contributed by atoms with E-state index in [4.69, 9.17) is 9.15 Å². The Labute approximate surface area is 132 Å². The van der Waals surface area contributed by atoms with E-state index in [9.17, 15) is 4.79 Å². The molecule has 106 valence electrons. The maximum Gasteiger partial charge on any atom is 0.338 e. The predicted molar refractivity (Wildman–Crippen MR) is 80.9 cm³/mol. The third-order valence-corrected chi connectivity index (χ3v) is 4.20. The summed E-state index contributed by atoms with van der Waals surface area (Å²) in [4.78, 5) is 12.6. The lowest BCUT2D eigenvalue weighted by Crippen LogP contribution is -2.05. The molecule has 0 aliphatic carbocycles. The molecule has 0 N–H and O–H groups in total. The van der Waals surface area contributed by atoms with Crippen molar-refractivity contribution in [2.24, 2.45) is 0 Å². The minimum Gasteiger partial charge on any atom is -0.452 e. The van der Waals surface area contributed by atoms with Crippen molar-refractivity contribution in [3.05, 3.63) is 57.7 Å². The van der Waals surface area contributed by atoms with Gasteiger partial charge < -0.3 is 9.15 Å². The van der Waals surface area contributed by atoms with Crippen LogP contribution in [0.5, 0.6) is 0 Å². The van der Waals surface area contributed by atoms with Crippen molar-refractivity contribution in [2.75, 3.05) is 0 Å². The van der Waals surface area contributed by atoms with Crippen LogP contribution in [-0.4, -0.2) is 16.2 Å². The van der Waals surface area contributed by atoms with Gasteiger partial charge in [0.1, 0.15) is 0 Å². The smallest absolute Gasteiger partial charge is 0.338 e. The quantitative estimate of drug-likeness (QED) is 0.656. The Balaban J connectivity index is 1.64. The molecule has 0 saturated carbocycles. The molecule has 1 aromatic carbocycles. The zero-order chi connectivity index (χ0) is 14.7. The summed E-state index contributed by atoms with van der Waals surface area (Å²) in [5.74, 6) is 0.254. The molecular weight excluding hydrogens is 356 g/mol. The van der Waals surface area contributed by atoms with Gasteiger partial charge in [0.25, 0.3) is 11.8 Å². The van der Waals surface area contributed by atoms with Crippen LogP contribution in [0.3, 0.4) is 0 Å². The zero-order valence-corrected chi connectivity index (χ0v) is 13.1. The number of aromatic nitrogens is 2. The van der Waals surface area contributed by atoms with E-state index >= 15 is 0 Å². The number of carbonyl (C=O) groups is 1. The molecule has 0 spiro atoms. The molecule has 7 heteroatoms. The van der Waals surface area contributed by atoms with Crippen molar-refractivity contribution in [2.45, 2.75) is 6.61 Å². The number of hydrogen-bond donors (Lipinski definition) is 0. The first-order valence-corrected chi connectivity index (χ1v) is 7.63. The van der Waals surface area contributed by atoms with Crippen LogP contribution in [0.4, 0.5) is 0 Å². The van der Waals surface area contributed by atoms with Crippen LogP contribution in [0, 0.1) is 0 Å². The summed E-state index contributed by atoms with van der Waals surface area (Å²) < 4.78 is 11.6. The number of nitrogens with zero attached hydrogens (tertiary/aromatic N) is 2. The largest absolute Gasteiger partial charge is 0.452 e. The van der Waals surface area contributed by atoms with Crippen LogP contribution in [0.2, 0.25) is 0 Å². The Kier molecular flexibility index (Phi) is 4.12. The highest BCUT2D eigenvalue weighted by Gasteiger charge is 2.13. The number of esters is 1.